The van der Waals surface area contributed by atoms with Gasteiger partial charge < -0.3 is 0 Å². The predicted octanol–water partition coefficient (Wildman–Crippen LogP) is 0.948. The van der Waals surface area contributed by atoms with Crippen molar-refractivity contribution in [2.24, 2.45) is 22.1 Å². The Morgan fingerprint density at radius 3 is 2.56 bits per heavy atom. The van der Waals surface area contributed by atoms with E-state index in [9.17, 15) is 13.2 Å². The van der Waals surface area contributed by atoms with Gasteiger partial charge in [0.25, 0.3) is 15.9 Å². The van der Waals surface area contributed by atoms with Gasteiger partial charge in [-0.15, -0.1) is 5.90 Å². The number of hydrazine groups is 1. The summed E-state index contributed by atoms with van der Waals surface area (Å²) >= 11 is 0. The van der Waals surface area contributed by atoms with Crippen LogP contribution in [0.25, 0.3) is 6.08 Å². The van der Waals surface area contributed by atoms with Crippen molar-refractivity contribution in [1.82, 2.24) is 4.98 Å². The second-order valence-corrected chi connectivity index (χ2v) is 6.35. The highest BCUT2D eigenvalue weighted by Gasteiger charge is 2.22. The minimum absolute atomic E-state index is 0.0282. The minimum Gasteiger partial charge on any atom is -0.282 e. The molecule has 10 nitrogen and oxygen atoms in total. The van der Waals surface area contributed by atoms with Gasteiger partial charge in [-0.25, -0.2) is 10.3 Å². The first-order valence-electron chi connectivity index (χ1n) is 6.74. The van der Waals surface area contributed by atoms with Crippen LogP contribution in [0, 0.1) is 0 Å². The summed E-state index contributed by atoms with van der Waals surface area (Å²) in [6.45, 7) is 0. The number of carbonyl (C=O) groups excluding carboxylic acids is 1. The Morgan fingerprint density at radius 2 is 1.96 bits per heavy atom. The van der Waals surface area contributed by atoms with Crippen LogP contribution in [0.5, 0.6) is 0 Å². The molecule has 130 valence electrons. The summed E-state index contributed by atoms with van der Waals surface area (Å²) in [7, 11) is -3.92. The van der Waals surface area contributed by atoms with Crippen LogP contribution in [0.4, 0.5) is 5.69 Å². The largest absolute Gasteiger partial charge is 0.291 e. The van der Waals surface area contributed by atoms with Crippen molar-refractivity contribution < 1.29 is 18.2 Å². The second-order valence-electron chi connectivity index (χ2n) is 4.54. The highest BCUT2D eigenvalue weighted by Crippen LogP contribution is 2.20. The first-order valence-corrected chi connectivity index (χ1v) is 8.18. The molecule has 0 spiro atoms. The van der Waals surface area contributed by atoms with Gasteiger partial charge in [0.2, 0.25) is 0 Å². The molecule has 1 aromatic carbocycles. The molecule has 1 heterocycles. The Kier molecular flexibility index (Phi) is 5.89. The van der Waals surface area contributed by atoms with Crippen LogP contribution < -0.4 is 16.2 Å². The molecule has 0 saturated carbocycles. The molecule has 25 heavy (non-hydrogen) atoms. The summed E-state index contributed by atoms with van der Waals surface area (Å²) in [5, 5.41) is 5.99. The number of rotatable bonds is 6. The molecule has 0 aliphatic carbocycles. The molecule has 0 aliphatic rings. The molecule has 0 fully saturated rings. The van der Waals surface area contributed by atoms with E-state index < -0.39 is 15.9 Å². The summed E-state index contributed by atoms with van der Waals surface area (Å²) in [6.07, 6.45) is 5.27. The van der Waals surface area contributed by atoms with Gasteiger partial charge >= 0.3 is 0 Å². The van der Waals surface area contributed by atoms with Gasteiger partial charge in [0.1, 0.15) is 4.90 Å². The standard InChI is InChI=1S/C14H14N6O4S/c15-20(25(22,23)13-2-1-9-17-10-13)12-6-3-11(4-7-12)5-8-14(21)18-19-24-16/h1-10H,15-16H2/b8-5+,19-18?. The molecule has 1 aromatic heterocycles. The van der Waals surface area contributed by atoms with Crippen molar-refractivity contribution >= 4 is 27.7 Å². The molecule has 0 radical (unpaired) electrons. The van der Waals surface area contributed by atoms with E-state index in [2.05, 4.69) is 26.2 Å². The number of aromatic nitrogens is 1. The van der Waals surface area contributed by atoms with Gasteiger partial charge in [-0.2, -0.15) is 8.42 Å². The molecular formula is C14H14N6O4S. The lowest BCUT2D eigenvalue weighted by Gasteiger charge is -2.18. The van der Waals surface area contributed by atoms with Crippen LogP contribution in [0.2, 0.25) is 0 Å². The monoisotopic (exact) mass is 362 g/mol. The van der Waals surface area contributed by atoms with Crippen molar-refractivity contribution in [2.75, 3.05) is 4.41 Å². The lowest BCUT2D eigenvalue weighted by Crippen LogP contribution is -2.37. The number of nitrogens with two attached hydrogens (primary N) is 2. The van der Waals surface area contributed by atoms with E-state index in [4.69, 9.17) is 5.84 Å². The lowest BCUT2D eigenvalue weighted by atomic mass is 10.2. The molecule has 0 aliphatic heterocycles. The van der Waals surface area contributed by atoms with Crippen molar-refractivity contribution in [3.8, 4) is 0 Å². The van der Waals surface area contributed by atoms with Crippen molar-refractivity contribution in [3.63, 3.8) is 0 Å². The third kappa shape index (κ3) is 4.67. The van der Waals surface area contributed by atoms with Crippen LogP contribution in [-0.4, -0.2) is 19.3 Å². The SMILES string of the molecule is NON=NC(=O)/C=C/c1ccc(N(N)S(=O)(=O)c2cccnc2)cc1. The van der Waals surface area contributed by atoms with Gasteiger partial charge in [-0.3, -0.25) is 14.7 Å². The molecule has 1 amide bonds. The number of pyridine rings is 1. The van der Waals surface area contributed by atoms with E-state index >= 15 is 0 Å². The molecule has 4 N–H and O–H groups in total. The zero-order valence-electron chi connectivity index (χ0n) is 12.8. The van der Waals surface area contributed by atoms with Gasteiger partial charge in [0.15, 0.2) is 0 Å². The number of hydrogen-bond donors (Lipinski definition) is 2. The van der Waals surface area contributed by atoms with Crippen LogP contribution in [0.3, 0.4) is 0 Å². The summed E-state index contributed by atoms with van der Waals surface area (Å²) < 4.78 is 25.4. The summed E-state index contributed by atoms with van der Waals surface area (Å²) in [5.74, 6) is 9.65. The topological polar surface area (TPSA) is 153 Å². The van der Waals surface area contributed by atoms with E-state index in [-0.39, 0.29) is 10.6 Å². The fraction of sp³-hybridized carbons (Fsp3) is 0. The third-order valence-electron chi connectivity index (χ3n) is 2.94. The predicted molar refractivity (Wildman–Crippen MR) is 88.7 cm³/mol. The van der Waals surface area contributed by atoms with Gasteiger partial charge in [-0.05, 0) is 35.9 Å². The Morgan fingerprint density at radius 1 is 1.24 bits per heavy atom. The normalized spacial score (nSPS) is 11.8. The molecule has 2 rings (SSSR count). The number of benzene rings is 1. The number of hydrogen-bond acceptors (Lipinski definition) is 8. The van der Waals surface area contributed by atoms with Crippen molar-refractivity contribution in [1.29, 1.82) is 0 Å². The van der Waals surface area contributed by atoms with Crippen molar-refractivity contribution in [2.45, 2.75) is 4.90 Å². The van der Waals surface area contributed by atoms with E-state index in [0.717, 1.165) is 6.08 Å². The fourth-order valence-electron chi connectivity index (χ4n) is 1.75. The van der Waals surface area contributed by atoms with E-state index in [1.807, 2.05) is 0 Å². The zero-order chi connectivity index (χ0) is 18.3. The Labute approximate surface area is 143 Å². The Balaban J connectivity index is 2.15. The molecule has 0 bridgehead atoms. The Hall–Kier alpha value is -3.15. The number of carbonyl (C=O) groups is 1. The van der Waals surface area contributed by atoms with Gasteiger partial charge in [-0.1, -0.05) is 17.2 Å². The maximum atomic E-state index is 12.4. The first kappa shape index (κ1) is 18.2. The van der Waals surface area contributed by atoms with Gasteiger partial charge in [0.05, 0.1) is 11.0 Å². The maximum absolute atomic E-state index is 12.4. The highest BCUT2D eigenvalue weighted by atomic mass is 32.2. The van der Waals surface area contributed by atoms with Crippen LogP contribution in [0.15, 0.2) is 70.2 Å². The van der Waals surface area contributed by atoms with Crippen molar-refractivity contribution in [3.05, 3.63) is 60.4 Å². The molecule has 2 aromatic rings. The molecular weight excluding hydrogens is 348 g/mol. The second kappa shape index (κ2) is 8.10. The zero-order valence-corrected chi connectivity index (χ0v) is 13.6. The van der Waals surface area contributed by atoms with Crippen LogP contribution in [-0.2, 0) is 19.8 Å². The smallest absolute Gasteiger partial charge is 0.282 e. The van der Waals surface area contributed by atoms with Crippen LogP contribution in [0.1, 0.15) is 5.56 Å². The minimum atomic E-state index is -3.92. The van der Waals surface area contributed by atoms with E-state index in [1.165, 1.54) is 42.7 Å². The van der Waals surface area contributed by atoms with E-state index in [1.54, 1.807) is 12.1 Å². The highest BCUT2D eigenvalue weighted by molar-refractivity contribution is 7.92. The average molecular weight is 362 g/mol. The third-order valence-corrected chi connectivity index (χ3v) is 4.51. The fourth-order valence-corrected chi connectivity index (χ4v) is 2.82. The van der Waals surface area contributed by atoms with E-state index in [0.29, 0.717) is 9.98 Å². The maximum Gasteiger partial charge on any atom is 0.291 e. The number of amides is 1. The van der Waals surface area contributed by atoms with Crippen LogP contribution >= 0.6 is 0 Å². The Bertz CT molecular complexity index is 881. The first-order chi connectivity index (χ1) is 11.9. The lowest BCUT2D eigenvalue weighted by molar-refractivity contribution is -0.114. The molecule has 0 unspecified atom stereocenters. The molecule has 11 heteroatoms. The summed E-state index contributed by atoms with van der Waals surface area (Å²) in [5.41, 5.74) is 0.858. The quantitative estimate of drug-likeness (QED) is 0.335. The summed E-state index contributed by atoms with van der Waals surface area (Å²) in [6, 6.07) is 9.02. The average Bonchev–Trinajstić information content (AvgIpc) is 2.65. The summed E-state index contributed by atoms with van der Waals surface area (Å²) in [4.78, 5) is 18.8. The molecule has 0 saturated heterocycles. The van der Waals surface area contributed by atoms with Gasteiger partial charge in [0, 0.05) is 18.5 Å². The number of nitrogens with zero attached hydrogens (tertiary/aromatic N) is 4. The molecule has 0 atom stereocenters. The number of sulfonamides is 1. The number of anilines is 1.